The first-order chi connectivity index (χ1) is 10.3. The van der Waals surface area contributed by atoms with Crippen molar-refractivity contribution in [1.82, 2.24) is 5.32 Å². The van der Waals surface area contributed by atoms with E-state index in [0.29, 0.717) is 10.7 Å². The minimum Gasteiger partial charge on any atom is -0.350 e. The van der Waals surface area contributed by atoms with Crippen LogP contribution in [0.3, 0.4) is 0 Å². The van der Waals surface area contributed by atoms with E-state index in [4.69, 9.17) is 17.3 Å². The van der Waals surface area contributed by atoms with E-state index in [-0.39, 0.29) is 24.7 Å². The molecule has 1 aliphatic heterocycles. The van der Waals surface area contributed by atoms with Gasteiger partial charge >= 0.3 is 0 Å². The standard InChI is InChI=1S/C13H14ClF2N3O2S.ClH/c14-7-1-2-9-8(3-7)19-12(21)10(22-9)4-11(20)18-6-13(15,16)5-17;/h1-3,10H,4-6,17H2,(H,18,20)(H,19,21);1H. The SMILES string of the molecule is Cl.NCC(F)(F)CNC(=O)CC1Sc2ccc(Cl)cc2NC1=O. The molecule has 0 fully saturated rings. The number of nitrogens with two attached hydrogens (primary N) is 1. The van der Waals surface area contributed by atoms with Crippen LogP contribution in [0.4, 0.5) is 14.5 Å². The van der Waals surface area contributed by atoms with Gasteiger partial charge in [-0.2, -0.15) is 0 Å². The van der Waals surface area contributed by atoms with E-state index in [9.17, 15) is 18.4 Å². The maximum Gasteiger partial charge on any atom is 0.277 e. The minimum atomic E-state index is -3.15. The summed E-state index contributed by atoms with van der Waals surface area (Å²) < 4.78 is 25.9. The summed E-state index contributed by atoms with van der Waals surface area (Å²) in [5, 5.41) is 4.54. The molecule has 0 radical (unpaired) electrons. The predicted molar refractivity (Wildman–Crippen MR) is 88.6 cm³/mol. The highest BCUT2D eigenvalue weighted by atomic mass is 35.5. The first kappa shape index (κ1) is 20.0. The van der Waals surface area contributed by atoms with E-state index in [0.717, 1.165) is 4.90 Å². The molecule has 0 saturated heterocycles. The fraction of sp³-hybridized carbons (Fsp3) is 0.385. The molecule has 1 heterocycles. The summed E-state index contributed by atoms with van der Waals surface area (Å²) in [6.07, 6.45) is -0.195. The third kappa shape index (κ3) is 5.49. The molecular formula is C13H15Cl2F2N3O2S. The lowest BCUT2D eigenvalue weighted by Crippen LogP contribution is -2.43. The summed E-state index contributed by atoms with van der Waals surface area (Å²) in [4.78, 5) is 24.4. The van der Waals surface area contributed by atoms with Crippen LogP contribution in [-0.2, 0) is 9.59 Å². The zero-order valence-electron chi connectivity index (χ0n) is 11.8. The lowest BCUT2D eigenvalue weighted by Gasteiger charge is -2.24. The second-order valence-electron chi connectivity index (χ2n) is 4.78. The molecule has 0 aliphatic carbocycles. The number of nitrogens with one attached hydrogen (secondary N) is 2. The Kier molecular flexibility index (Phi) is 7.06. The molecule has 0 spiro atoms. The van der Waals surface area contributed by atoms with Gasteiger partial charge in [0.2, 0.25) is 11.8 Å². The zero-order chi connectivity index (χ0) is 16.3. The van der Waals surface area contributed by atoms with Gasteiger partial charge in [-0.1, -0.05) is 11.6 Å². The number of anilines is 1. The van der Waals surface area contributed by atoms with Crippen molar-refractivity contribution in [3.05, 3.63) is 23.2 Å². The molecule has 2 rings (SSSR count). The van der Waals surface area contributed by atoms with Crippen LogP contribution >= 0.6 is 35.8 Å². The highest BCUT2D eigenvalue weighted by Gasteiger charge is 2.31. The van der Waals surface area contributed by atoms with Crippen LogP contribution in [0, 0.1) is 0 Å². The molecule has 10 heteroatoms. The Morgan fingerprint density at radius 2 is 2.17 bits per heavy atom. The molecule has 4 N–H and O–H groups in total. The van der Waals surface area contributed by atoms with E-state index >= 15 is 0 Å². The smallest absolute Gasteiger partial charge is 0.277 e. The number of halogens is 4. The van der Waals surface area contributed by atoms with Gasteiger partial charge in [-0.3, -0.25) is 9.59 Å². The van der Waals surface area contributed by atoms with E-state index in [2.05, 4.69) is 10.6 Å². The Balaban J connectivity index is 0.00000264. The van der Waals surface area contributed by atoms with E-state index in [1.165, 1.54) is 11.8 Å². The number of hydrogen-bond donors (Lipinski definition) is 3. The highest BCUT2D eigenvalue weighted by molar-refractivity contribution is 8.01. The number of carbonyl (C=O) groups excluding carboxylic acids is 2. The van der Waals surface area contributed by atoms with Gasteiger partial charge in [0.05, 0.1) is 24.0 Å². The lowest BCUT2D eigenvalue weighted by atomic mass is 10.2. The van der Waals surface area contributed by atoms with Crippen molar-refractivity contribution < 1.29 is 18.4 Å². The maximum absolute atomic E-state index is 13.0. The molecule has 23 heavy (non-hydrogen) atoms. The summed E-state index contributed by atoms with van der Waals surface area (Å²) in [6.45, 7) is -1.69. The number of amides is 2. The largest absolute Gasteiger partial charge is 0.350 e. The molecular weight excluding hydrogens is 371 g/mol. The third-order valence-corrected chi connectivity index (χ3v) is 4.49. The summed E-state index contributed by atoms with van der Waals surface area (Å²) in [5.74, 6) is -4.14. The van der Waals surface area contributed by atoms with Gasteiger partial charge < -0.3 is 16.4 Å². The first-order valence-electron chi connectivity index (χ1n) is 6.42. The van der Waals surface area contributed by atoms with Crippen LogP contribution in [0.15, 0.2) is 23.1 Å². The van der Waals surface area contributed by atoms with E-state index in [1.54, 1.807) is 18.2 Å². The van der Waals surface area contributed by atoms with E-state index < -0.39 is 30.2 Å². The van der Waals surface area contributed by atoms with Gasteiger partial charge in [0, 0.05) is 16.3 Å². The number of rotatable bonds is 5. The lowest BCUT2D eigenvalue weighted by molar-refractivity contribution is -0.125. The van der Waals surface area contributed by atoms with Crippen molar-refractivity contribution in [2.75, 3.05) is 18.4 Å². The van der Waals surface area contributed by atoms with E-state index in [1.807, 2.05) is 0 Å². The average molecular weight is 386 g/mol. The summed E-state index contributed by atoms with van der Waals surface area (Å²) in [7, 11) is 0. The predicted octanol–water partition coefficient (Wildman–Crippen LogP) is 2.27. The molecule has 0 aromatic heterocycles. The Bertz CT molecular complexity index is 605. The molecule has 1 unspecified atom stereocenters. The molecule has 128 valence electrons. The second kappa shape index (κ2) is 8.14. The van der Waals surface area contributed by atoms with Crippen LogP contribution in [0.2, 0.25) is 5.02 Å². The van der Waals surface area contributed by atoms with Crippen LogP contribution in [0.1, 0.15) is 6.42 Å². The van der Waals surface area contributed by atoms with Crippen molar-refractivity contribution in [3.8, 4) is 0 Å². The maximum atomic E-state index is 13.0. The third-order valence-electron chi connectivity index (χ3n) is 2.97. The number of thioether (sulfide) groups is 1. The van der Waals surface area contributed by atoms with Gasteiger partial charge in [0.15, 0.2) is 0 Å². The van der Waals surface area contributed by atoms with Gasteiger partial charge in [-0.05, 0) is 18.2 Å². The number of hydrogen-bond acceptors (Lipinski definition) is 4. The quantitative estimate of drug-likeness (QED) is 0.725. The Morgan fingerprint density at radius 3 is 2.83 bits per heavy atom. The molecule has 1 aromatic carbocycles. The summed E-state index contributed by atoms with van der Waals surface area (Å²) in [6, 6.07) is 5.01. The minimum absolute atomic E-state index is 0. The first-order valence-corrected chi connectivity index (χ1v) is 7.68. The molecule has 2 amide bonds. The van der Waals surface area contributed by atoms with Gasteiger partial charge in [0.1, 0.15) is 0 Å². The van der Waals surface area contributed by atoms with Gasteiger partial charge in [0.25, 0.3) is 5.92 Å². The average Bonchev–Trinajstić information content (AvgIpc) is 2.46. The summed E-state index contributed by atoms with van der Waals surface area (Å²) in [5.41, 5.74) is 5.46. The molecule has 0 saturated carbocycles. The number of benzene rings is 1. The molecule has 1 atom stereocenters. The van der Waals surface area contributed by atoms with Gasteiger partial charge in [-0.15, -0.1) is 24.2 Å². The number of fused-ring (bicyclic) bond motifs is 1. The fourth-order valence-corrected chi connectivity index (χ4v) is 3.06. The van der Waals surface area contributed by atoms with Crippen molar-refractivity contribution in [2.24, 2.45) is 5.73 Å². The number of carbonyl (C=O) groups is 2. The monoisotopic (exact) mass is 385 g/mol. The van der Waals surface area contributed by atoms with Crippen molar-refractivity contribution in [2.45, 2.75) is 22.5 Å². The van der Waals surface area contributed by atoms with Crippen LogP contribution in [-0.4, -0.2) is 36.1 Å². The zero-order valence-corrected chi connectivity index (χ0v) is 14.2. The normalized spacial score (nSPS) is 16.9. The van der Waals surface area contributed by atoms with Gasteiger partial charge in [-0.25, -0.2) is 8.78 Å². The summed E-state index contributed by atoms with van der Waals surface area (Å²) >= 11 is 7.03. The van der Waals surface area contributed by atoms with Crippen LogP contribution < -0.4 is 16.4 Å². The molecule has 5 nitrogen and oxygen atoms in total. The Labute approximate surface area is 147 Å². The molecule has 0 bridgehead atoms. The second-order valence-corrected chi connectivity index (χ2v) is 6.46. The fourth-order valence-electron chi connectivity index (χ4n) is 1.80. The van der Waals surface area contributed by atoms with Crippen molar-refractivity contribution in [3.63, 3.8) is 0 Å². The van der Waals surface area contributed by atoms with Crippen LogP contribution in [0.5, 0.6) is 0 Å². The highest BCUT2D eigenvalue weighted by Crippen LogP contribution is 2.38. The Hall–Kier alpha value is -1.09. The number of alkyl halides is 2. The molecule has 1 aliphatic rings. The molecule has 1 aromatic rings. The topological polar surface area (TPSA) is 84.2 Å². The van der Waals surface area contributed by atoms with Crippen molar-refractivity contribution >= 4 is 53.3 Å². The Morgan fingerprint density at radius 1 is 1.48 bits per heavy atom. The van der Waals surface area contributed by atoms with Crippen molar-refractivity contribution in [1.29, 1.82) is 0 Å². The van der Waals surface area contributed by atoms with Crippen LogP contribution in [0.25, 0.3) is 0 Å².